The standard InChI is InChI=1S/C21H26N2O3/c1-4-7-16-10-15(12-19(26-3)20(16)24)11-17(13-22)21(25)23-18-9-6-5-8-14(18)2/h4,10-12,14,18,24H,1,5-9H2,2-3H3,(H,23,25)/b17-11+/t14-,18+/m0/s1. The molecule has 1 aliphatic rings. The lowest BCUT2D eigenvalue weighted by atomic mass is 9.86. The summed E-state index contributed by atoms with van der Waals surface area (Å²) in [6.45, 7) is 5.81. The molecule has 0 heterocycles. The van der Waals surface area contributed by atoms with Gasteiger partial charge in [-0.25, -0.2) is 0 Å². The number of aromatic hydroxyl groups is 1. The van der Waals surface area contributed by atoms with Gasteiger partial charge in [0.05, 0.1) is 7.11 Å². The molecule has 1 aromatic rings. The zero-order valence-electron chi connectivity index (χ0n) is 15.4. The number of nitrogens with zero attached hydrogens (tertiary/aromatic N) is 1. The van der Waals surface area contributed by atoms with Crippen LogP contribution in [0.15, 0.2) is 30.4 Å². The Hall–Kier alpha value is -2.74. The van der Waals surface area contributed by atoms with Crippen LogP contribution in [-0.4, -0.2) is 24.2 Å². The first-order chi connectivity index (χ1) is 12.5. The van der Waals surface area contributed by atoms with E-state index in [9.17, 15) is 15.2 Å². The highest BCUT2D eigenvalue weighted by atomic mass is 16.5. The number of carbonyl (C=O) groups excluding carboxylic acids is 1. The third-order valence-corrected chi connectivity index (χ3v) is 4.86. The maximum Gasteiger partial charge on any atom is 0.262 e. The minimum atomic E-state index is -0.358. The number of phenols is 1. The van der Waals surface area contributed by atoms with Crippen LogP contribution in [0.4, 0.5) is 0 Å². The highest BCUT2D eigenvalue weighted by Crippen LogP contribution is 2.33. The molecule has 0 unspecified atom stereocenters. The van der Waals surface area contributed by atoms with E-state index < -0.39 is 0 Å². The van der Waals surface area contributed by atoms with Gasteiger partial charge in [0, 0.05) is 11.6 Å². The molecule has 0 saturated heterocycles. The fourth-order valence-corrected chi connectivity index (χ4v) is 3.33. The Balaban J connectivity index is 2.27. The number of ether oxygens (including phenoxy) is 1. The molecule has 0 spiro atoms. The van der Waals surface area contributed by atoms with Crippen LogP contribution in [0.1, 0.15) is 43.7 Å². The summed E-state index contributed by atoms with van der Waals surface area (Å²) in [5.41, 5.74) is 1.30. The molecule has 26 heavy (non-hydrogen) atoms. The summed E-state index contributed by atoms with van der Waals surface area (Å²) >= 11 is 0. The lowest BCUT2D eigenvalue weighted by Crippen LogP contribution is -2.41. The molecular formula is C21H26N2O3. The van der Waals surface area contributed by atoms with E-state index in [4.69, 9.17) is 4.74 Å². The molecule has 5 heteroatoms. The molecule has 1 fully saturated rings. The highest BCUT2D eigenvalue weighted by Gasteiger charge is 2.24. The third-order valence-electron chi connectivity index (χ3n) is 4.86. The second kappa shape index (κ2) is 9.10. The zero-order valence-corrected chi connectivity index (χ0v) is 15.4. The van der Waals surface area contributed by atoms with Crippen molar-refractivity contribution in [1.82, 2.24) is 5.32 Å². The Morgan fingerprint density at radius 1 is 1.46 bits per heavy atom. The number of benzene rings is 1. The summed E-state index contributed by atoms with van der Waals surface area (Å²) in [6.07, 6.45) is 7.98. The minimum absolute atomic E-state index is 0.0417. The molecule has 0 aliphatic heterocycles. The van der Waals surface area contributed by atoms with E-state index in [2.05, 4.69) is 18.8 Å². The van der Waals surface area contributed by atoms with Crippen LogP contribution in [0.25, 0.3) is 6.08 Å². The number of phenolic OH excluding ortho intramolecular Hbond substituents is 1. The molecule has 1 aromatic carbocycles. The average molecular weight is 354 g/mol. The van der Waals surface area contributed by atoms with Gasteiger partial charge in [-0.1, -0.05) is 25.8 Å². The largest absolute Gasteiger partial charge is 0.504 e. The number of methoxy groups -OCH3 is 1. The van der Waals surface area contributed by atoms with Crippen LogP contribution < -0.4 is 10.1 Å². The summed E-state index contributed by atoms with van der Waals surface area (Å²) in [4.78, 5) is 12.5. The normalized spacial score (nSPS) is 20.1. The maximum atomic E-state index is 12.5. The molecule has 0 aromatic heterocycles. The molecule has 0 radical (unpaired) electrons. The number of hydrogen-bond donors (Lipinski definition) is 2. The van der Waals surface area contributed by atoms with Gasteiger partial charge in [0.1, 0.15) is 11.6 Å². The average Bonchev–Trinajstić information content (AvgIpc) is 2.64. The van der Waals surface area contributed by atoms with Crippen molar-refractivity contribution >= 4 is 12.0 Å². The van der Waals surface area contributed by atoms with Crippen LogP contribution in [0.2, 0.25) is 0 Å². The lowest BCUT2D eigenvalue weighted by Gasteiger charge is -2.29. The van der Waals surface area contributed by atoms with Crippen molar-refractivity contribution < 1.29 is 14.6 Å². The Kier molecular flexibility index (Phi) is 6.85. The van der Waals surface area contributed by atoms with E-state index in [1.54, 1.807) is 18.2 Å². The van der Waals surface area contributed by atoms with Crippen LogP contribution in [0.5, 0.6) is 11.5 Å². The van der Waals surface area contributed by atoms with Gasteiger partial charge >= 0.3 is 0 Å². The van der Waals surface area contributed by atoms with Gasteiger partial charge in [0.15, 0.2) is 11.5 Å². The fourth-order valence-electron chi connectivity index (χ4n) is 3.33. The van der Waals surface area contributed by atoms with Gasteiger partial charge in [-0.15, -0.1) is 6.58 Å². The molecule has 5 nitrogen and oxygen atoms in total. The minimum Gasteiger partial charge on any atom is -0.504 e. The van der Waals surface area contributed by atoms with Crippen molar-refractivity contribution in [3.05, 3.63) is 41.5 Å². The van der Waals surface area contributed by atoms with Crippen molar-refractivity contribution in [2.75, 3.05) is 7.11 Å². The van der Waals surface area contributed by atoms with Gasteiger partial charge in [-0.05, 0) is 49.0 Å². The summed E-state index contributed by atoms with van der Waals surface area (Å²) in [6, 6.07) is 5.43. The van der Waals surface area contributed by atoms with Gasteiger partial charge in [0.25, 0.3) is 5.91 Å². The summed E-state index contributed by atoms with van der Waals surface area (Å²) in [5.74, 6) is 0.405. The number of carbonyl (C=O) groups is 1. The zero-order chi connectivity index (χ0) is 19.1. The van der Waals surface area contributed by atoms with Crippen LogP contribution >= 0.6 is 0 Å². The van der Waals surface area contributed by atoms with E-state index >= 15 is 0 Å². The molecule has 1 amide bonds. The van der Waals surface area contributed by atoms with Crippen LogP contribution in [0, 0.1) is 17.2 Å². The molecule has 1 aliphatic carbocycles. The first-order valence-electron chi connectivity index (χ1n) is 8.93. The number of rotatable bonds is 6. The second-order valence-electron chi connectivity index (χ2n) is 6.74. The van der Waals surface area contributed by atoms with Gasteiger partial charge < -0.3 is 15.2 Å². The summed E-state index contributed by atoms with van der Waals surface area (Å²) in [5, 5.41) is 22.6. The van der Waals surface area contributed by atoms with E-state index in [-0.39, 0.29) is 23.3 Å². The Morgan fingerprint density at radius 3 is 2.81 bits per heavy atom. The van der Waals surface area contributed by atoms with E-state index in [0.29, 0.717) is 29.2 Å². The molecular weight excluding hydrogens is 328 g/mol. The lowest BCUT2D eigenvalue weighted by molar-refractivity contribution is -0.118. The molecule has 1 saturated carbocycles. The number of nitriles is 1. The van der Waals surface area contributed by atoms with Crippen molar-refractivity contribution in [2.24, 2.45) is 5.92 Å². The monoisotopic (exact) mass is 354 g/mol. The SMILES string of the molecule is C=CCc1cc(/C=C(\C#N)C(=O)N[C@@H]2CCCC[C@@H]2C)cc(OC)c1O. The molecule has 2 rings (SSSR count). The molecule has 138 valence electrons. The second-order valence-corrected chi connectivity index (χ2v) is 6.74. The highest BCUT2D eigenvalue weighted by molar-refractivity contribution is 6.01. The quantitative estimate of drug-likeness (QED) is 0.463. The predicted octanol–water partition coefficient (Wildman–Crippen LogP) is 3.73. The molecule has 0 bridgehead atoms. The van der Waals surface area contributed by atoms with E-state index in [1.807, 2.05) is 6.07 Å². The van der Waals surface area contributed by atoms with Crippen molar-refractivity contribution in [3.63, 3.8) is 0 Å². The van der Waals surface area contributed by atoms with E-state index in [1.165, 1.54) is 19.6 Å². The fraction of sp³-hybridized carbons (Fsp3) is 0.429. The topological polar surface area (TPSA) is 82.4 Å². The van der Waals surface area contributed by atoms with Crippen molar-refractivity contribution in [2.45, 2.75) is 45.1 Å². The first-order valence-corrected chi connectivity index (χ1v) is 8.93. The van der Waals surface area contributed by atoms with Crippen LogP contribution in [0.3, 0.4) is 0 Å². The van der Waals surface area contributed by atoms with Crippen molar-refractivity contribution in [3.8, 4) is 17.6 Å². The third kappa shape index (κ3) is 4.66. The summed E-state index contributed by atoms with van der Waals surface area (Å²) in [7, 11) is 1.46. The predicted molar refractivity (Wildman–Crippen MR) is 102 cm³/mol. The smallest absolute Gasteiger partial charge is 0.262 e. The Morgan fingerprint density at radius 2 is 2.19 bits per heavy atom. The van der Waals surface area contributed by atoms with Crippen molar-refractivity contribution in [1.29, 1.82) is 5.26 Å². The van der Waals surface area contributed by atoms with Gasteiger partial charge in [-0.2, -0.15) is 5.26 Å². The van der Waals surface area contributed by atoms with E-state index in [0.717, 1.165) is 19.3 Å². The number of nitrogens with one attached hydrogen (secondary N) is 1. The maximum absolute atomic E-state index is 12.5. The summed E-state index contributed by atoms with van der Waals surface area (Å²) < 4.78 is 5.19. The van der Waals surface area contributed by atoms with Gasteiger partial charge in [-0.3, -0.25) is 4.79 Å². The number of allylic oxidation sites excluding steroid dienone is 1. The number of amides is 1. The first kappa shape index (κ1) is 19.6. The Bertz CT molecular complexity index is 746. The Labute approximate surface area is 155 Å². The van der Waals surface area contributed by atoms with Gasteiger partial charge in [0.2, 0.25) is 0 Å². The molecule has 2 N–H and O–H groups in total. The molecule has 2 atom stereocenters. The number of hydrogen-bond acceptors (Lipinski definition) is 4. The van der Waals surface area contributed by atoms with Crippen LogP contribution in [-0.2, 0) is 11.2 Å².